The molecule has 0 atom stereocenters. The van der Waals surface area contributed by atoms with Crippen LogP contribution >= 0.6 is 11.6 Å². The number of carboxylic acid groups (broad SMARTS) is 1. The molecule has 2 aromatic rings. The average molecular weight is 472 g/mol. The molecule has 2 N–H and O–H groups in total. The number of nitrogens with zero attached hydrogens (tertiary/aromatic N) is 2. The van der Waals surface area contributed by atoms with Gasteiger partial charge in [0, 0.05) is 18.9 Å². The van der Waals surface area contributed by atoms with Crippen molar-refractivity contribution in [3.8, 4) is 17.9 Å². The predicted octanol–water partition coefficient (Wildman–Crippen LogP) is 4.27. The summed E-state index contributed by atoms with van der Waals surface area (Å²) in [5.41, 5.74) is 0.489. The van der Waals surface area contributed by atoms with Gasteiger partial charge in [0.15, 0.2) is 0 Å². The highest BCUT2D eigenvalue weighted by molar-refractivity contribution is 7.92. The Labute approximate surface area is 190 Å². The summed E-state index contributed by atoms with van der Waals surface area (Å²) in [6.07, 6.45) is 2.39. The monoisotopic (exact) mass is 471 g/mol. The smallest absolute Gasteiger partial charge is 0.335 e. The van der Waals surface area contributed by atoms with E-state index in [1.54, 1.807) is 0 Å². The van der Waals surface area contributed by atoms with Crippen LogP contribution in [0.3, 0.4) is 0 Å². The lowest BCUT2D eigenvalue weighted by atomic mass is 9.83. The molecule has 0 amide bonds. The van der Waals surface area contributed by atoms with E-state index in [1.165, 1.54) is 24.3 Å². The maximum absolute atomic E-state index is 13.3. The van der Waals surface area contributed by atoms with Crippen molar-refractivity contribution in [1.82, 2.24) is 0 Å². The molecule has 0 heterocycles. The number of sulfonamides is 1. The third-order valence-electron chi connectivity index (χ3n) is 5.57. The number of carboxylic acids is 1. The Kier molecular flexibility index (Phi) is 5.72. The lowest BCUT2D eigenvalue weighted by Crippen LogP contribution is -2.33. The third-order valence-corrected chi connectivity index (χ3v) is 7.31. The molecule has 0 saturated heterocycles. The fraction of sp³-hybridized carbons (Fsp3) is 0.318. The first-order valence-corrected chi connectivity index (χ1v) is 11.8. The molecule has 2 aliphatic rings. The maximum atomic E-state index is 13.3. The van der Waals surface area contributed by atoms with E-state index in [9.17, 15) is 23.6 Å². The fourth-order valence-electron chi connectivity index (χ4n) is 3.60. The van der Waals surface area contributed by atoms with Gasteiger partial charge < -0.3 is 9.84 Å². The Balaban J connectivity index is 1.71. The molecular weight excluding hydrogens is 454 g/mol. The second-order valence-corrected chi connectivity index (χ2v) is 9.97. The highest BCUT2D eigenvalue weighted by atomic mass is 35.5. The number of nitriles is 2. The Morgan fingerprint density at radius 3 is 2.50 bits per heavy atom. The molecule has 10 heteroatoms. The number of carbonyl (C=O) groups is 1. The number of hydrogen-bond donors (Lipinski definition) is 2. The molecule has 0 aliphatic heterocycles. The van der Waals surface area contributed by atoms with Crippen molar-refractivity contribution in [3.05, 3.63) is 52.0 Å². The van der Waals surface area contributed by atoms with Gasteiger partial charge in [0.1, 0.15) is 17.9 Å². The minimum atomic E-state index is -4.20. The van der Waals surface area contributed by atoms with E-state index in [2.05, 4.69) is 10.8 Å². The van der Waals surface area contributed by atoms with Gasteiger partial charge in [-0.2, -0.15) is 10.5 Å². The summed E-state index contributed by atoms with van der Waals surface area (Å²) in [5.74, 6) is -1.16. The average Bonchev–Trinajstić information content (AvgIpc) is 3.56. The SMILES string of the molecule is N#Cc1cc(NS(=O)(=O)c2cc(C(=O)O)ccc2C2CC2)c(OC2CC(C#N)C2)cc1Cl. The summed E-state index contributed by atoms with van der Waals surface area (Å²) >= 11 is 6.12. The van der Waals surface area contributed by atoms with Crippen LogP contribution in [0.4, 0.5) is 5.69 Å². The standard InChI is InChI=1S/C22H18ClN3O5S/c23-18-9-20(31-16-5-12(6-16)10-24)19(7-15(18)11-25)26-32(29,30)21-8-14(22(27)28)3-4-17(21)13-1-2-13/h3-4,7-9,12-13,16,26H,1-2,5-6H2,(H,27,28). The van der Waals surface area contributed by atoms with Crippen LogP contribution < -0.4 is 9.46 Å². The second-order valence-electron chi connectivity index (χ2n) is 7.91. The topological polar surface area (TPSA) is 140 Å². The van der Waals surface area contributed by atoms with Crippen LogP contribution in [-0.2, 0) is 10.0 Å². The molecule has 164 valence electrons. The van der Waals surface area contributed by atoms with Crippen LogP contribution in [0, 0.1) is 28.6 Å². The van der Waals surface area contributed by atoms with Crippen molar-refractivity contribution in [2.75, 3.05) is 4.72 Å². The molecule has 0 radical (unpaired) electrons. The van der Waals surface area contributed by atoms with Crippen molar-refractivity contribution in [3.63, 3.8) is 0 Å². The van der Waals surface area contributed by atoms with Gasteiger partial charge >= 0.3 is 5.97 Å². The van der Waals surface area contributed by atoms with Crippen LogP contribution in [0.15, 0.2) is 35.2 Å². The van der Waals surface area contributed by atoms with Crippen LogP contribution in [-0.4, -0.2) is 25.6 Å². The van der Waals surface area contributed by atoms with E-state index in [4.69, 9.17) is 21.6 Å². The van der Waals surface area contributed by atoms with Gasteiger partial charge in [-0.15, -0.1) is 0 Å². The predicted molar refractivity (Wildman–Crippen MR) is 115 cm³/mol. The normalized spacial score (nSPS) is 19.8. The minimum absolute atomic E-state index is 0.0221. The number of aromatic carboxylic acids is 1. The lowest BCUT2D eigenvalue weighted by molar-refractivity contribution is 0.0696. The van der Waals surface area contributed by atoms with E-state index < -0.39 is 16.0 Å². The van der Waals surface area contributed by atoms with E-state index in [0.29, 0.717) is 18.4 Å². The van der Waals surface area contributed by atoms with Gasteiger partial charge in [-0.25, -0.2) is 13.2 Å². The number of ether oxygens (including phenoxy) is 1. The molecule has 2 fully saturated rings. The summed E-state index contributed by atoms with van der Waals surface area (Å²) in [6, 6.07) is 10.8. The van der Waals surface area contributed by atoms with Crippen LogP contribution in [0.25, 0.3) is 0 Å². The molecule has 0 spiro atoms. The molecule has 2 aliphatic carbocycles. The van der Waals surface area contributed by atoms with Crippen LogP contribution in [0.1, 0.15) is 53.1 Å². The highest BCUT2D eigenvalue weighted by Crippen LogP contribution is 2.44. The summed E-state index contributed by atoms with van der Waals surface area (Å²) in [6.45, 7) is 0. The Morgan fingerprint density at radius 2 is 1.91 bits per heavy atom. The van der Waals surface area contributed by atoms with E-state index >= 15 is 0 Å². The molecule has 2 saturated carbocycles. The fourth-order valence-corrected chi connectivity index (χ4v) is 5.18. The van der Waals surface area contributed by atoms with Gasteiger partial charge in [0.05, 0.1) is 38.7 Å². The van der Waals surface area contributed by atoms with Gasteiger partial charge in [-0.05, 0) is 42.5 Å². The van der Waals surface area contributed by atoms with Gasteiger partial charge in [-0.1, -0.05) is 17.7 Å². The Morgan fingerprint density at radius 1 is 1.19 bits per heavy atom. The maximum Gasteiger partial charge on any atom is 0.335 e. The third kappa shape index (κ3) is 4.36. The van der Waals surface area contributed by atoms with Gasteiger partial charge in [0.25, 0.3) is 10.0 Å². The first-order chi connectivity index (χ1) is 15.2. The summed E-state index contributed by atoms with van der Waals surface area (Å²) in [5, 5.41) is 27.7. The largest absolute Gasteiger partial charge is 0.488 e. The van der Waals surface area contributed by atoms with Crippen LogP contribution in [0.5, 0.6) is 5.75 Å². The number of rotatable bonds is 7. The zero-order valence-corrected chi connectivity index (χ0v) is 18.3. The van der Waals surface area contributed by atoms with Crippen molar-refractivity contribution in [2.24, 2.45) is 5.92 Å². The molecular formula is C22H18ClN3O5S. The summed E-state index contributed by atoms with van der Waals surface area (Å²) in [7, 11) is -4.20. The zero-order valence-electron chi connectivity index (χ0n) is 16.7. The van der Waals surface area contributed by atoms with Crippen molar-refractivity contribution >= 4 is 33.3 Å². The molecule has 2 aromatic carbocycles. The molecule has 4 rings (SSSR count). The minimum Gasteiger partial charge on any atom is -0.488 e. The van der Waals surface area contributed by atoms with E-state index in [1.807, 2.05) is 6.07 Å². The van der Waals surface area contributed by atoms with Crippen molar-refractivity contribution in [1.29, 1.82) is 10.5 Å². The number of nitrogens with one attached hydrogen (secondary N) is 1. The van der Waals surface area contributed by atoms with Crippen molar-refractivity contribution < 1.29 is 23.1 Å². The molecule has 32 heavy (non-hydrogen) atoms. The van der Waals surface area contributed by atoms with Crippen molar-refractivity contribution in [2.45, 2.75) is 42.6 Å². The quantitative estimate of drug-likeness (QED) is 0.614. The second kappa shape index (κ2) is 8.34. The van der Waals surface area contributed by atoms with Crippen LogP contribution in [0.2, 0.25) is 5.02 Å². The molecule has 0 aromatic heterocycles. The Hall–Kier alpha value is -3.27. The highest BCUT2D eigenvalue weighted by Gasteiger charge is 2.34. The first kappa shape index (κ1) is 21.9. The zero-order chi connectivity index (χ0) is 23.0. The summed E-state index contributed by atoms with van der Waals surface area (Å²) < 4.78 is 34.9. The number of hydrogen-bond acceptors (Lipinski definition) is 6. The number of halogens is 1. The van der Waals surface area contributed by atoms with E-state index in [-0.39, 0.29) is 50.4 Å². The number of benzene rings is 2. The number of anilines is 1. The first-order valence-electron chi connectivity index (χ1n) is 9.91. The summed E-state index contributed by atoms with van der Waals surface area (Å²) in [4.78, 5) is 11.3. The van der Waals surface area contributed by atoms with Gasteiger partial charge in [-0.3, -0.25) is 4.72 Å². The van der Waals surface area contributed by atoms with E-state index in [0.717, 1.165) is 18.9 Å². The molecule has 0 bridgehead atoms. The molecule has 0 unspecified atom stereocenters. The van der Waals surface area contributed by atoms with Gasteiger partial charge in [0.2, 0.25) is 0 Å². The lowest BCUT2D eigenvalue weighted by Gasteiger charge is -2.31. The Bertz CT molecular complexity index is 1290. The molecule has 8 nitrogen and oxygen atoms in total.